The van der Waals surface area contributed by atoms with Crippen LogP contribution >= 0.6 is 11.8 Å². The van der Waals surface area contributed by atoms with Gasteiger partial charge in [0.1, 0.15) is 18.1 Å². The highest BCUT2D eigenvalue weighted by Crippen LogP contribution is 2.30. The Bertz CT molecular complexity index is 267. The van der Waals surface area contributed by atoms with Crippen LogP contribution in [0.3, 0.4) is 0 Å². The van der Waals surface area contributed by atoms with E-state index >= 15 is 0 Å². The number of ether oxygens (including phenoxy) is 2. The minimum atomic E-state index is 0.724. The highest BCUT2D eigenvalue weighted by Gasteiger charge is 2.22. The Balaban J connectivity index is 1.88. The second-order valence-electron chi connectivity index (χ2n) is 2.94. The van der Waals surface area contributed by atoms with E-state index in [-0.39, 0.29) is 0 Å². The molecule has 2 rings (SSSR count). The Morgan fingerprint density at radius 1 is 1.31 bits per heavy atom. The van der Waals surface area contributed by atoms with Gasteiger partial charge in [0.2, 0.25) is 0 Å². The van der Waals surface area contributed by atoms with Crippen molar-refractivity contribution < 1.29 is 9.47 Å². The summed E-state index contributed by atoms with van der Waals surface area (Å²) in [5.74, 6) is 3.04. The summed E-state index contributed by atoms with van der Waals surface area (Å²) >= 11 is 1.95. The SMILES string of the molecule is COc1ccc(OCC2CS2)cc1. The first kappa shape index (κ1) is 8.75. The van der Waals surface area contributed by atoms with Gasteiger partial charge in [-0.1, -0.05) is 0 Å². The van der Waals surface area contributed by atoms with Gasteiger partial charge in [-0.2, -0.15) is 11.8 Å². The smallest absolute Gasteiger partial charge is 0.119 e. The van der Waals surface area contributed by atoms with Gasteiger partial charge < -0.3 is 9.47 Å². The molecule has 0 radical (unpaired) electrons. The molecule has 3 heteroatoms. The highest BCUT2D eigenvalue weighted by atomic mass is 32.2. The summed E-state index contributed by atoms with van der Waals surface area (Å²) in [6.07, 6.45) is 0. The van der Waals surface area contributed by atoms with Crippen LogP contribution in [0, 0.1) is 0 Å². The molecule has 1 atom stereocenters. The van der Waals surface area contributed by atoms with Gasteiger partial charge in [0.15, 0.2) is 0 Å². The van der Waals surface area contributed by atoms with Crippen LogP contribution in [-0.2, 0) is 0 Å². The first-order valence-corrected chi connectivity index (χ1v) is 5.32. The predicted octanol–water partition coefficient (Wildman–Crippen LogP) is 2.19. The fraction of sp³-hybridized carbons (Fsp3) is 0.400. The van der Waals surface area contributed by atoms with Crippen molar-refractivity contribution in [3.05, 3.63) is 24.3 Å². The molecular formula is C10H12O2S. The molecule has 0 spiro atoms. The molecule has 1 aromatic carbocycles. The zero-order valence-corrected chi connectivity index (χ0v) is 8.34. The van der Waals surface area contributed by atoms with Gasteiger partial charge in [-0.15, -0.1) is 0 Å². The van der Waals surface area contributed by atoms with Crippen LogP contribution in [0.15, 0.2) is 24.3 Å². The molecule has 1 heterocycles. The van der Waals surface area contributed by atoms with Crippen molar-refractivity contribution in [3.63, 3.8) is 0 Å². The summed E-state index contributed by atoms with van der Waals surface area (Å²) in [5, 5.41) is 0.724. The molecule has 0 N–H and O–H groups in total. The number of hydrogen-bond donors (Lipinski definition) is 0. The van der Waals surface area contributed by atoms with Crippen molar-refractivity contribution in [2.75, 3.05) is 19.5 Å². The molecule has 1 unspecified atom stereocenters. The van der Waals surface area contributed by atoms with Gasteiger partial charge in [-0.05, 0) is 24.3 Å². The van der Waals surface area contributed by atoms with Gasteiger partial charge in [-0.25, -0.2) is 0 Å². The van der Waals surface area contributed by atoms with Crippen LogP contribution < -0.4 is 9.47 Å². The van der Waals surface area contributed by atoms with Crippen LogP contribution in [-0.4, -0.2) is 24.7 Å². The van der Waals surface area contributed by atoms with Gasteiger partial charge in [0.25, 0.3) is 0 Å². The van der Waals surface area contributed by atoms with E-state index in [1.165, 1.54) is 5.75 Å². The Morgan fingerprint density at radius 2 is 1.92 bits per heavy atom. The Kier molecular flexibility index (Phi) is 2.64. The molecule has 0 aliphatic carbocycles. The average molecular weight is 196 g/mol. The van der Waals surface area contributed by atoms with Crippen molar-refractivity contribution in [2.45, 2.75) is 5.25 Å². The summed E-state index contributed by atoms with van der Waals surface area (Å²) in [5.41, 5.74) is 0. The first-order chi connectivity index (χ1) is 6.38. The topological polar surface area (TPSA) is 18.5 Å². The molecule has 0 bridgehead atoms. The molecule has 13 heavy (non-hydrogen) atoms. The Labute approximate surface area is 82.2 Å². The largest absolute Gasteiger partial charge is 0.497 e. The lowest BCUT2D eigenvalue weighted by Crippen LogP contribution is -2.02. The van der Waals surface area contributed by atoms with E-state index in [1.807, 2.05) is 36.0 Å². The summed E-state index contributed by atoms with van der Waals surface area (Å²) in [4.78, 5) is 0. The lowest BCUT2D eigenvalue weighted by molar-refractivity contribution is 0.329. The maximum absolute atomic E-state index is 5.55. The maximum Gasteiger partial charge on any atom is 0.119 e. The third kappa shape index (κ3) is 2.56. The van der Waals surface area contributed by atoms with Crippen LogP contribution in [0.2, 0.25) is 0 Å². The fourth-order valence-electron chi connectivity index (χ4n) is 1.03. The summed E-state index contributed by atoms with van der Waals surface area (Å²) < 4.78 is 10.6. The second-order valence-corrected chi connectivity index (χ2v) is 4.28. The fourth-order valence-corrected chi connectivity index (χ4v) is 1.42. The number of thioether (sulfide) groups is 1. The van der Waals surface area contributed by atoms with E-state index < -0.39 is 0 Å². The van der Waals surface area contributed by atoms with Crippen molar-refractivity contribution in [1.29, 1.82) is 0 Å². The summed E-state index contributed by atoms with van der Waals surface area (Å²) in [7, 11) is 1.66. The second kappa shape index (κ2) is 3.92. The van der Waals surface area contributed by atoms with Crippen LogP contribution in [0.4, 0.5) is 0 Å². The van der Waals surface area contributed by atoms with Crippen LogP contribution in [0.25, 0.3) is 0 Å². The van der Waals surface area contributed by atoms with Gasteiger partial charge in [0, 0.05) is 11.0 Å². The molecule has 2 nitrogen and oxygen atoms in total. The maximum atomic E-state index is 5.55. The zero-order chi connectivity index (χ0) is 9.10. The van der Waals surface area contributed by atoms with Gasteiger partial charge >= 0.3 is 0 Å². The van der Waals surface area contributed by atoms with Crippen LogP contribution in [0.5, 0.6) is 11.5 Å². The lowest BCUT2D eigenvalue weighted by Gasteiger charge is -2.04. The molecule has 0 saturated carbocycles. The number of benzene rings is 1. The monoisotopic (exact) mass is 196 g/mol. The zero-order valence-electron chi connectivity index (χ0n) is 7.53. The Hall–Kier alpha value is -0.830. The molecule has 1 aromatic rings. The van der Waals surface area contributed by atoms with E-state index in [9.17, 15) is 0 Å². The van der Waals surface area contributed by atoms with Gasteiger partial charge in [-0.3, -0.25) is 0 Å². The molecule has 1 saturated heterocycles. The standard InChI is InChI=1S/C10H12O2S/c1-11-8-2-4-9(5-3-8)12-6-10-7-13-10/h2-5,10H,6-7H2,1H3. The number of methoxy groups -OCH3 is 1. The first-order valence-electron chi connectivity index (χ1n) is 4.27. The van der Waals surface area contributed by atoms with Crippen molar-refractivity contribution in [3.8, 4) is 11.5 Å². The van der Waals surface area contributed by atoms with Crippen molar-refractivity contribution >= 4 is 11.8 Å². The molecule has 0 aromatic heterocycles. The third-order valence-electron chi connectivity index (χ3n) is 1.90. The van der Waals surface area contributed by atoms with Gasteiger partial charge in [0.05, 0.1) is 7.11 Å². The quantitative estimate of drug-likeness (QED) is 0.688. The summed E-state index contributed by atoms with van der Waals surface area (Å²) in [6, 6.07) is 7.70. The third-order valence-corrected chi connectivity index (χ3v) is 2.84. The highest BCUT2D eigenvalue weighted by molar-refractivity contribution is 8.06. The summed E-state index contributed by atoms with van der Waals surface area (Å²) in [6.45, 7) is 0.830. The van der Waals surface area contributed by atoms with E-state index in [2.05, 4.69) is 0 Å². The number of rotatable bonds is 4. The Morgan fingerprint density at radius 3 is 2.46 bits per heavy atom. The molecule has 0 amide bonds. The van der Waals surface area contributed by atoms with E-state index in [0.717, 1.165) is 23.4 Å². The van der Waals surface area contributed by atoms with Crippen molar-refractivity contribution in [1.82, 2.24) is 0 Å². The normalized spacial score (nSPS) is 19.6. The number of hydrogen-bond acceptors (Lipinski definition) is 3. The van der Waals surface area contributed by atoms with E-state index in [4.69, 9.17) is 9.47 Å². The molecule has 1 fully saturated rings. The molecular weight excluding hydrogens is 184 g/mol. The van der Waals surface area contributed by atoms with E-state index in [0.29, 0.717) is 0 Å². The lowest BCUT2D eigenvalue weighted by atomic mass is 10.3. The minimum Gasteiger partial charge on any atom is -0.497 e. The minimum absolute atomic E-state index is 0.724. The van der Waals surface area contributed by atoms with Crippen LogP contribution in [0.1, 0.15) is 0 Å². The average Bonchev–Trinajstić information content (AvgIpc) is 2.99. The van der Waals surface area contributed by atoms with E-state index in [1.54, 1.807) is 7.11 Å². The molecule has 1 aliphatic heterocycles. The predicted molar refractivity (Wildman–Crippen MR) is 54.7 cm³/mol. The molecule has 70 valence electrons. The molecule has 1 aliphatic rings. The van der Waals surface area contributed by atoms with Crippen molar-refractivity contribution in [2.24, 2.45) is 0 Å².